The molecule has 7 nitrogen and oxygen atoms in total. The summed E-state index contributed by atoms with van der Waals surface area (Å²) in [5.41, 5.74) is 4.38. The monoisotopic (exact) mass is 264 g/mol. The third-order valence-corrected chi connectivity index (χ3v) is 3.76. The first-order chi connectivity index (χ1) is 8.98. The van der Waals surface area contributed by atoms with Gasteiger partial charge in [0.2, 0.25) is 0 Å². The molecule has 1 aromatic rings. The van der Waals surface area contributed by atoms with Gasteiger partial charge in [-0.1, -0.05) is 0 Å². The third kappa shape index (κ3) is 2.21. The van der Waals surface area contributed by atoms with Gasteiger partial charge in [-0.05, 0) is 19.3 Å². The van der Waals surface area contributed by atoms with Gasteiger partial charge in [0.1, 0.15) is 17.2 Å². The van der Waals surface area contributed by atoms with E-state index in [-0.39, 0.29) is 12.1 Å². The number of hydrogen-bond acceptors (Lipinski definition) is 5. The second kappa shape index (κ2) is 4.06. The number of rotatable bonds is 3. The minimum absolute atomic E-state index is 0.183. The van der Waals surface area contributed by atoms with Gasteiger partial charge < -0.3 is 20.7 Å². The largest absolute Gasteiger partial charge is 0.480 e. The van der Waals surface area contributed by atoms with E-state index in [0.29, 0.717) is 30.5 Å². The topological polar surface area (TPSA) is 112 Å². The van der Waals surface area contributed by atoms with Crippen LogP contribution in [0.3, 0.4) is 0 Å². The summed E-state index contributed by atoms with van der Waals surface area (Å²) in [7, 11) is 0. The molecule has 1 saturated carbocycles. The summed E-state index contributed by atoms with van der Waals surface area (Å²) >= 11 is 0. The molecule has 1 atom stereocenters. The lowest BCUT2D eigenvalue weighted by molar-refractivity contribution is -0.142. The Hall–Kier alpha value is -1.89. The summed E-state index contributed by atoms with van der Waals surface area (Å²) < 4.78 is 0. The van der Waals surface area contributed by atoms with Gasteiger partial charge in [-0.15, -0.1) is 0 Å². The molecule has 19 heavy (non-hydrogen) atoms. The van der Waals surface area contributed by atoms with E-state index >= 15 is 0 Å². The molecule has 4 N–H and O–H groups in total. The Morgan fingerprint density at radius 3 is 2.89 bits per heavy atom. The first-order valence-corrected chi connectivity index (χ1v) is 6.36. The van der Waals surface area contributed by atoms with Crippen molar-refractivity contribution in [3.63, 3.8) is 0 Å². The van der Waals surface area contributed by atoms with Gasteiger partial charge in [0.15, 0.2) is 0 Å². The maximum absolute atomic E-state index is 11.6. The van der Waals surface area contributed by atoms with Crippen molar-refractivity contribution in [3.8, 4) is 0 Å². The van der Waals surface area contributed by atoms with Crippen LogP contribution in [0.5, 0.6) is 0 Å². The van der Waals surface area contributed by atoms with Gasteiger partial charge in [0.05, 0.1) is 0 Å². The lowest BCUT2D eigenvalue weighted by atomic mass is 10.0. The highest BCUT2D eigenvalue weighted by Gasteiger charge is 2.42. The number of H-pyrrole nitrogens is 1. The standard InChI is InChI=1S/C12H16N4O3/c13-12(11(18)19)3-4-16(6-12)8-5-9(17)15-10(14-8)7-1-2-7/h5,7H,1-4,6,13H2,(H,18,19)(H,14,15,17). The van der Waals surface area contributed by atoms with Crippen LogP contribution in [-0.2, 0) is 4.79 Å². The highest BCUT2D eigenvalue weighted by Crippen LogP contribution is 2.38. The van der Waals surface area contributed by atoms with Crippen LogP contribution in [0.4, 0.5) is 5.82 Å². The molecule has 2 heterocycles. The van der Waals surface area contributed by atoms with Crippen LogP contribution in [0, 0.1) is 0 Å². The van der Waals surface area contributed by atoms with Crippen LogP contribution < -0.4 is 16.2 Å². The van der Waals surface area contributed by atoms with E-state index in [0.717, 1.165) is 12.8 Å². The smallest absolute Gasteiger partial charge is 0.325 e. The zero-order valence-corrected chi connectivity index (χ0v) is 10.4. The minimum Gasteiger partial charge on any atom is -0.480 e. The van der Waals surface area contributed by atoms with Crippen molar-refractivity contribution in [2.24, 2.45) is 5.73 Å². The van der Waals surface area contributed by atoms with Gasteiger partial charge in [0.25, 0.3) is 5.56 Å². The Morgan fingerprint density at radius 1 is 1.58 bits per heavy atom. The first kappa shape index (κ1) is 12.2. The molecule has 1 unspecified atom stereocenters. The molecule has 0 spiro atoms. The number of hydrogen-bond donors (Lipinski definition) is 3. The van der Waals surface area contributed by atoms with E-state index in [1.54, 1.807) is 4.90 Å². The van der Waals surface area contributed by atoms with Crippen molar-refractivity contribution in [2.45, 2.75) is 30.7 Å². The third-order valence-electron chi connectivity index (χ3n) is 3.76. The Morgan fingerprint density at radius 2 is 2.32 bits per heavy atom. The number of carbonyl (C=O) groups is 1. The van der Waals surface area contributed by atoms with Gasteiger partial charge in [-0.25, -0.2) is 4.98 Å². The Kier molecular flexibility index (Phi) is 2.60. The lowest BCUT2D eigenvalue weighted by Gasteiger charge is -2.21. The molecule has 2 fully saturated rings. The van der Waals surface area contributed by atoms with Crippen molar-refractivity contribution < 1.29 is 9.90 Å². The zero-order valence-electron chi connectivity index (χ0n) is 10.4. The molecular formula is C12H16N4O3. The molecule has 2 aliphatic rings. The normalized spacial score (nSPS) is 26.7. The van der Waals surface area contributed by atoms with Crippen LogP contribution in [0.15, 0.2) is 10.9 Å². The predicted molar refractivity (Wildman–Crippen MR) is 68.2 cm³/mol. The molecule has 1 aliphatic carbocycles. The summed E-state index contributed by atoms with van der Waals surface area (Å²) in [5, 5.41) is 9.10. The van der Waals surface area contributed by atoms with Crippen molar-refractivity contribution >= 4 is 11.8 Å². The van der Waals surface area contributed by atoms with Crippen LogP contribution >= 0.6 is 0 Å². The van der Waals surface area contributed by atoms with E-state index in [2.05, 4.69) is 9.97 Å². The zero-order chi connectivity index (χ0) is 13.6. The summed E-state index contributed by atoms with van der Waals surface area (Å²) in [6, 6.07) is 1.40. The molecule has 0 amide bonds. The van der Waals surface area contributed by atoms with E-state index in [9.17, 15) is 9.59 Å². The average molecular weight is 264 g/mol. The Bertz CT molecular complexity index is 581. The number of nitrogens with zero attached hydrogens (tertiary/aromatic N) is 2. The van der Waals surface area contributed by atoms with Crippen molar-refractivity contribution in [3.05, 3.63) is 22.2 Å². The fourth-order valence-corrected chi connectivity index (χ4v) is 2.38. The number of carboxylic acid groups (broad SMARTS) is 1. The van der Waals surface area contributed by atoms with E-state index in [1.807, 2.05) is 0 Å². The van der Waals surface area contributed by atoms with Crippen LogP contribution in [-0.4, -0.2) is 39.7 Å². The molecule has 1 aromatic heterocycles. The fraction of sp³-hybridized carbons (Fsp3) is 0.583. The van der Waals surface area contributed by atoms with Gasteiger partial charge in [0, 0.05) is 25.1 Å². The first-order valence-electron chi connectivity index (χ1n) is 6.36. The van der Waals surface area contributed by atoms with E-state index in [1.165, 1.54) is 6.07 Å². The molecule has 0 aromatic carbocycles. The SMILES string of the molecule is NC1(C(=O)O)CCN(c2cc(=O)[nH]c(C3CC3)n2)C1. The van der Waals surface area contributed by atoms with Crippen LogP contribution in [0.1, 0.15) is 31.0 Å². The summed E-state index contributed by atoms with van der Waals surface area (Å²) in [6.07, 6.45) is 2.44. The minimum atomic E-state index is -1.25. The number of aliphatic carboxylic acids is 1. The van der Waals surface area contributed by atoms with Gasteiger partial charge in [-0.3, -0.25) is 9.59 Å². The quantitative estimate of drug-likeness (QED) is 0.687. The van der Waals surface area contributed by atoms with Gasteiger partial charge in [-0.2, -0.15) is 0 Å². The molecule has 1 saturated heterocycles. The highest BCUT2D eigenvalue weighted by atomic mass is 16.4. The number of nitrogens with two attached hydrogens (primary N) is 1. The molecule has 1 aliphatic heterocycles. The Labute approximate surface area is 109 Å². The second-order valence-electron chi connectivity index (χ2n) is 5.40. The number of carboxylic acids is 1. The number of nitrogens with one attached hydrogen (secondary N) is 1. The van der Waals surface area contributed by atoms with Crippen molar-refractivity contribution in [1.82, 2.24) is 9.97 Å². The second-order valence-corrected chi connectivity index (χ2v) is 5.40. The number of aromatic nitrogens is 2. The fourth-order valence-electron chi connectivity index (χ4n) is 2.38. The van der Waals surface area contributed by atoms with E-state index < -0.39 is 11.5 Å². The molecule has 0 radical (unpaired) electrons. The molecule has 0 bridgehead atoms. The maximum atomic E-state index is 11.6. The molecule has 102 valence electrons. The summed E-state index contributed by atoms with van der Waals surface area (Å²) in [6.45, 7) is 0.687. The average Bonchev–Trinajstić information content (AvgIpc) is 3.12. The summed E-state index contributed by atoms with van der Waals surface area (Å²) in [4.78, 5) is 31.7. The van der Waals surface area contributed by atoms with Crippen LogP contribution in [0.2, 0.25) is 0 Å². The van der Waals surface area contributed by atoms with Gasteiger partial charge >= 0.3 is 5.97 Å². The Balaban J connectivity index is 1.87. The molecular weight excluding hydrogens is 248 g/mol. The van der Waals surface area contributed by atoms with Crippen molar-refractivity contribution in [2.75, 3.05) is 18.0 Å². The lowest BCUT2D eigenvalue weighted by Crippen LogP contribution is -2.50. The number of aromatic amines is 1. The predicted octanol–water partition coefficient (Wildman–Crippen LogP) is -0.361. The van der Waals surface area contributed by atoms with Crippen LogP contribution in [0.25, 0.3) is 0 Å². The maximum Gasteiger partial charge on any atom is 0.325 e. The molecule has 7 heteroatoms. The molecule has 3 rings (SSSR count). The van der Waals surface area contributed by atoms with Crippen molar-refractivity contribution in [1.29, 1.82) is 0 Å². The van der Waals surface area contributed by atoms with E-state index in [4.69, 9.17) is 10.8 Å². The highest BCUT2D eigenvalue weighted by molar-refractivity contribution is 5.80. The number of anilines is 1. The summed E-state index contributed by atoms with van der Waals surface area (Å²) in [5.74, 6) is 0.561.